The Morgan fingerprint density at radius 2 is 2.00 bits per heavy atom. The predicted octanol–water partition coefficient (Wildman–Crippen LogP) is 2.14. The summed E-state index contributed by atoms with van der Waals surface area (Å²) < 4.78 is 28.4. The van der Waals surface area contributed by atoms with E-state index in [1.807, 2.05) is 11.5 Å². The van der Waals surface area contributed by atoms with E-state index in [-0.39, 0.29) is 24.0 Å². The van der Waals surface area contributed by atoms with Gasteiger partial charge in [0.05, 0.1) is 0 Å². The minimum atomic E-state index is -0.567. The molecule has 0 aliphatic carbocycles. The van der Waals surface area contributed by atoms with Gasteiger partial charge in [-0.3, -0.25) is 4.99 Å². The van der Waals surface area contributed by atoms with E-state index < -0.39 is 11.6 Å². The molecule has 0 aliphatic rings. The molecule has 2 N–H and O–H groups in total. The van der Waals surface area contributed by atoms with Gasteiger partial charge in [-0.05, 0) is 18.1 Å². The fourth-order valence-electron chi connectivity index (χ4n) is 2.29. The molecule has 2 rings (SSSR count). The summed E-state index contributed by atoms with van der Waals surface area (Å²) in [7, 11) is 1.67. The van der Waals surface area contributed by atoms with Gasteiger partial charge in [0.15, 0.2) is 5.96 Å². The molecule has 9 heteroatoms. The van der Waals surface area contributed by atoms with Crippen LogP contribution in [0.4, 0.5) is 8.78 Å². The summed E-state index contributed by atoms with van der Waals surface area (Å²) in [6.07, 6.45) is 2.97. The quantitative estimate of drug-likeness (QED) is 0.375. The number of aryl methyl sites for hydroxylation is 1. The number of guanidine groups is 1. The van der Waals surface area contributed by atoms with Gasteiger partial charge in [0.25, 0.3) is 0 Å². The Bertz CT molecular complexity index is 689. The molecule has 138 valence electrons. The number of hydrogen-bond donors (Lipinski definition) is 2. The van der Waals surface area contributed by atoms with E-state index in [1.165, 1.54) is 12.1 Å². The van der Waals surface area contributed by atoms with Crippen LogP contribution in [0.15, 0.2) is 29.5 Å². The Morgan fingerprint density at radius 3 is 2.68 bits per heavy atom. The van der Waals surface area contributed by atoms with Crippen molar-refractivity contribution in [2.75, 3.05) is 20.1 Å². The highest BCUT2D eigenvalue weighted by Crippen LogP contribution is 2.09. The number of aliphatic imine (C=N–C) groups is 1. The second-order valence-corrected chi connectivity index (χ2v) is 5.21. The van der Waals surface area contributed by atoms with Crippen molar-refractivity contribution in [3.8, 4) is 0 Å². The van der Waals surface area contributed by atoms with Crippen molar-refractivity contribution in [1.82, 2.24) is 25.4 Å². The maximum atomic E-state index is 13.6. The van der Waals surface area contributed by atoms with E-state index in [1.54, 1.807) is 13.4 Å². The Balaban J connectivity index is 0.00000312. The summed E-state index contributed by atoms with van der Waals surface area (Å²) in [5.74, 6) is 0.469. The molecule has 0 atom stereocenters. The number of halogens is 3. The van der Waals surface area contributed by atoms with Gasteiger partial charge in [-0.15, -0.1) is 34.2 Å². The van der Waals surface area contributed by atoms with E-state index in [4.69, 9.17) is 0 Å². The first kappa shape index (κ1) is 21.3. The van der Waals surface area contributed by atoms with Crippen molar-refractivity contribution in [1.29, 1.82) is 0 Å². The highest BCUT2D eigenvalue weighted by molar-refractivity contribution is 14.0. The maximum Gasteiger partial charge on any atom is 0.191 e. The molecule has 0 aliphatic heterocycles. The minimum absolute atomic E-state index is 0. The SMILES string of the molecule is CCc1nncn1CCNC(=NC)NCCc1ccc(F)cc1F.I. The molecule has 0 radical (unpaired) electrons. The van der Waals surface area contributed by atoms with Crippen LogP contribution in [-0.2, 0) is 19.4 Å². The molecule has 2 aromatic rings. The molecule has 0 saturated heterocycles. The molecule has 0 bridgehead atoms. The summed E-state index contributed by atoms with van der Waals surface area (Å²) in [6, 6.07) is 3.61. The second-order valence-electron chi connectivity index (χ2n) is 5.21. The van der Waals surface area contributed by atoms with E-state index in [0.717, 1.165) is 24.9 Å². The number of benzene rings is 1. The third-order valence-corrected chi connectivity index (χ3v) is 3.58. The molecule has 0 unspecified atom stereocenters. The molecule has 1 aromatic heterocycles. The summed E-state index contributed by atoms with van der Waals surface area (Å²) in [4.78, 5) is 4.12. The van der Waals surface area contributed by atoms with Crippen LogP contribution >= 0.6 is 24.0 Å². The predicted molar refractivity (Wildman–Crippen MR) is 104 cm³/mol. The van der Waals surface area contributed by atoms with Crippen molar-refractivity contribution in [3.05, 3.63) is 47.5 Å². The van der Waals surface area contributed by atoms with Crippen molar-refractivity contribution < 1.29 is 8.78 Å². The van der Waals surface area contributed by atoms with Gasteiger partial charge in [0, 0.05) is 39.2 Å². The Labute approximate surface area is 163 Å². The summed E-state index contributed by atoms with van der Waals surface area (Å²) in [5.41, 5.74) is 0.469. The lowest BCUT2D eigenvalue weighted by atomic mass is 10.1. The van der Waals surface area contributed by atoms with Gasteiger partial charge in [0.2, 0.25) is 0 Å². The van der Waals surface area contributed by atoms with Crippen LogP contribution < -0.4 is 10.6 Å². The molecule has 1 heterocycles. The van der Waals surface area contributed by atoms with Crippen LogP contribution in [0.25, 0.3) is 0 Å². The van der Waals surface area contributed by atoms with Gasteiger partial charge < -0.3 is 15.2 Å². The lowest BCUT2D eigenvalue weighted by Crippen LogP contribution is -2.39. The maximum absolute atomic E-state index is 13.6. The Kier molecular flexibility index (Phi) is 9.32. The van der Waals surface area contributed by atoms with Gasteiger partial charge in [-0.2, -0.15) is 0 Å². The van der Waals surface area contributed by atoms with Gasteiger partial charge in [0.1, 0.15) is 23.8 Å². The zero-order valence-corrected chi connectivity index (χ0v) is 16.6. The smallest absolute Gasteiger partial charge is 0.191 e. The first-order valence-corrected chi connectivity index (χ1v) is 7.89. The molecule has 25 heavy (non-hydrogen) atoms. The zero-order valence-electron chi connectivity index (χ0n) is 14.3. The average molecular weight is 464 g/mol. The van der Waals surface area contributed by atoms with Crippen LogP contribution in [0.2, 0.25) is 0 Å². The topological polar surface area (TPSA) is 67.1 Å². The third kappa shape index (κ3) is 6.56. The fourth-order valence-corrected chi connectivity index (χ4v) is 2.29. The van der Waals surface area contributed by atoms with E-state index in [9.17, 15) is 8.78 Å². The minimum Gasteiger partial charge on any atom is -0.356 e. The fraction of sp³-hybridized carbons (Fsp3) is 0.438. The zero-order chi connectivity index (χ0) is 17.4. The van der Waals surface area contributed by atoms with Crippen molar-refractivity contribution in [2.45, 2.75) is 26.3 Å². The summed E-state index contributed by atoms with van der Waals surface area (Å²) >= 11 is 0. The average Bonchev–Trinajstić information content (AvgIpc) is 3.02. The number of hydrogen-bond acceptors (Lipinski definition) is 3. The van der Waals surface area contributed by atoms with Crippen LogP contribution in [0.5, 0.6) is 0 Å². The molecule has 0 spiro atoms. The number of aromatic nitrogens is 3. The van der Waals surface area contributed by atoms with Crippen molar-refractivity contribution >= 4 is 29.9 Å². The molecule has 0 saturated carbocycles. The normalized spacial score (nSPS) is 11.1. The van der Waals surface area contributed by atoms with Gasteiger partial charge in [-0.25, -0.2) is 8.78 Å². The molecule has 0 fully saturated rings. The monoisotopic (exact) mass is 464 g/mol. The van der Waals surface area contributed by atoms with Gasteiger partial charge >= 0.3 is 0 Å². The van der Waals surface area contributed by atoms with E-state index in [2.05, 4.69) is 25.8 Å². The lowest BCUT2D eigenvalue weighted by Gasteiger charge is -2.13. The highest BCUT2D eigenvalue weighted by Gasteiger charge is 2.05. The number of nitrogens with one attached hydrogen (secondary N) is 2. The molecule has 6 nitrogen and oxygen atoms in total. The largest absolute Gasteiger partial charge is 0.356 e. The Morgan fingerprint density at radius 1 is 1.24 bits per heavy atom. The summed E-state index contributed by atoms with van der Waals surface area (Å²) in [5, 5.41) is 14.2. The first-order chi connectivity index (χ1) is 11.6. The molecule has 1 aromatic carbocycles. The summed E-state index contributed by atoms with van der Waals surface area (Å²) in [6.45, 7) is 3.91. The lowest BCUT2D eigenvalue weighted by molar-refractivity contribution is 0.570. The van der Waals surface area contributed by atoms with Gasteiger partial charge in [-0.1, -0.05) is 13.0 Å². The number of nitrogens with zero attached hydrogens (tertiary/aromatic N) is 4. The van der Waals surface area contributed by atoms with Crippen molar-refractivity contribution in [2.24, 2.45) is 4.99 Å². The molecular weight excluding hydrogens is 441 g/mol. The van der Waals surface area contributed by atoms with E-state index >= 15 is 0 Å². The van der Waals surface area contributed by atoms with Crippen LogP contribution in [0.3, 0.4) is 0 Å². The third-order valence-electron chi connectivity index (χ3n) is 3.58. The molecule has 0 amide bonds. The number of rotatable bonds is 7. The first-order valence-electron chi connectivity index (χ1n) is 7.89. The van der Waals surface area contributed by atoms with Crippen LogP contribution in [-0.4, -0.2) is 40.9 Å². The molecular formula is C16H23F2IN6. The Hall–Kier alpha value is -1.78. The van der Waals surface area contributed by atoms with E-state index in [0.29, 0.717) is 31.0 Å². The second kappa shape index (κ2) is 11.0. The van der Waals surface area contributed by atoms with Crippen LogP contribution in [0, 0.1) is 11.6 Å². The highest BCUT2D eigenvalue weighted by atomic mass is 127. The van der Waals surface area contributed by atoms with Crippen molar-refractivity contribution in [3.63, 3.8) is 0 Å². The standard InChI is InChI=1S/C16H22F2N6.HI/c1-3-15-23-22-11-24(15)9-8-21-16(19-2)20-7-6-12-4-5-13(17)10-14(12)18;/h4-5,10-11H,3,6-9H2,1-2H3,(H2,19,20,21);1H. The van der Waals surface area contributed by atoms with Crippen LogP contribution in [0.1, 0.15) is 18.3 Å².